The van der Waals surface area contributed by atoms with Gasteiger partial charge in [-0.25, -0.2) is 0 Å². The van der Waals surface area contributed by atoms with E-state index in [0.717, 1.165) is 0 Å². The molecule has 6 heteroatoms. The topological polar surface area (TPSA) is 68.5 Å². The molecule has 1 aromatic heterocycles. The number of carbonyl (C=O) groups is 1. The highest BCUT2D eigenvalue weighted by molar-refractivity contribution is 6.31. The first-order valence-corrected chi connectivity index (χ1v) is 9.75. The second-order valence-corrected chi connectivity index (χ2v) is 7.15. The zero-order valence-corrected chi connectivity index (χ0v) is 16.8. The smallest absolute Gasteiger partial charge is 0.265 e. The number of rotatable bonds is 5. The van der Waals surface area contributed by atoms with Crippen LogP contribution in [0.1, 0.15) is 6.92 Å². The van der Waals surface area contributed by atoms with Crippen LogP contribution in [0.5, 0.6) is 5.75 Å². The van der Waals surface area contributed by atoms with Crippen molar-refractivity contribution in [2.75, 3.05) is 5.32 Å². The third kappa shape index (κ3) is 4.07. The van der Waals surface area contributed by atoms with Crippen LogP contribution in [0.2, 0.25) is 5.02 Å². The van der Waals surface area contributed by atoms with E-state index in [0.29, 0.717) is 21.9 Å². The summed E-state index contributed by atoms with van der Waals surface area (Å²) in [5.41, 5.74) is 1.30. The maximum atomic E-state index is 13.2. The van der Waals surface area contributed by atoms with Crippen molar-refractivity contribution in [3.05, 3.63) is 94.1 Å². The monoisotopic (exact) mass is 419 g/mol. The summed E-state index contributed by atoms with van der Waals surface area (Å²) in [5.74, 6) is -0.160. The summed E-state index contributed by atoms with van der Waals surface area (Å²) in [5, 5.41) is 3.46. The summed E-state index contributed by atoms with van der Waals surface area (Å²) in [7, 11) is 0. The molecule has 5 nitrogen and oxygen atoms in total. The van der Waals surface area contributed by atoms with Crippen LogP contribution in [-0.4, -0.2) is 12.0 Å². The molecule has 3 aromatic carbocycles. The first-order valence-electron chi connectivity index (χ1n) is 9.37. The first-order chi connectivity index (χ1) is 14.5. The molecule has 1 N–H and O–H groups in total. The fourth-order valence-corrected chi connectivity index (χ4v) is 3.20. The van der Waals surface area contributed by atoms with Gasteiger partial charge < -0.3 is 14.5 Å². The number of nitrogens with one attached hydrogen (secondary N) is 1. The fraction of sp³-hybridized carbons (Fsp3) is 0.0833. The lowest BCUT2D eigenvalue weighted by Gasteiger charge is -2.17. The Morgan fingerprint density at radius 3 is 2.37 bits per heavy atom. The molecule has 30 heavy (non-hydrogen) atoms. The Kier molecular flexibility index (Phi) is 5.55. The fourth-order valence-electron chi connectivity index (χ4n) is 3.03. The number of carbonyl (C=O) groups excluding carboxylic acids is 1. The molecule has 0 bridgehead atoms. The number of para-hydroxylation sites is 1. The van der Waals surface area contributed by atoms with Crippen LogP contribution in [0, 0.1) is 0 Å². The van der Waals surface area contributed by atoms with Crippen molar-refractivity contribution in [2.24, 2.45) is 0 Å². The first kappa shape index (κ1) is 19.7. The minimum absolute atomic E-state index is 0.0355. The van der Waals surface area contributed by atoms with Crippen molar-refractivity contribution < 1.29 is 13.9 Å². The van der Waals surface area contributed by atoms with Gasteiger partial charge in [0.25, 0.3) is 5.91 Å². The molecule has 0 aliphatic heterocycles. The van der Waals surface area contributed by atoms with Crippen molar-refractivity contribution in [1.82, 2.24) is 0 Å². The maximum Gasteiger partial charge on any atom is 0.265 e. The molecule has 1 amide bonds. The van der Waals surface area contributed by atoms with E-state index in [1.165, 1.54) is 6.07 Å². The summed E-state index contributed by atoms with van der Waals surface area (Å²) in [6.07, 6.45) is -0.938. The Bertz CT molecular complexity index is 1250. The number of anilines is 1. The van der Waals surface area contributed by atoms with Gasteiger partial charge in [0.15, 0.2) is 11.9 Å². The van der Waals surface area contributed by atoms with Crippen LogP contribution in [0.15, 0.2) is 88.1 Å². The summed E-state index contributed by atoms with van der Waals surface area (Å²) in [6.45, 7) is 1.58. The number of halogens is 1. The predicted molar refractivity (Wildman–Crippen MR) is 118 cm³/mol. The third-order valence-corrected chi connectivity index (χ3v) is 4.79. The number of hydrogen-bond acceptors (Lipinski definition) is 4. The van der Waals surface area contributed by atoms with Crippen LogP contribution in [0.4, 0.5) is 5.69 Å². The Morgan fingerprint density at radius 2 is 1.67 bits per heavy atom. The number of fused-ring (bicyclic) bond motifs is 1. The molecular formula is C24H18ClNO4. The van der Waals surface area contributed by atoms with Gasteiger partial charge >= 0.3 is 0 Å². The van der Waals surface area contributed by atoms with Crippen LogP contribution in [-0.2, 0) is 4.79 Å². The molecule has 0 spiro atoms. The van der Waals surface area contributed by atoms with Crippen LogP contribution in [0.25, 0.3) is 22.3 Å². The largest absolute Gasteiger partial charge is 0.473 e. The minimum atomic E-state index is -0.938. The van der Waals surface area contributed by atoms with Crippen molar-refractivity contribution >= 4 is 34.2 Å². The summed E-state index contributed by atoms with van der Waals surface area (Å²) in [6, 6.07) is 23.0. The Labute approximate surface area is 177 Å². The molecule has 0 aliphatic rings. The Hall–Kier alpha value is -3.57. The zero-order valence-electron chi connectivity index (χ0n) is 16.1. The highest BCUT2D eigenvalue weighted by atomic mass is 35.5. The van der Waals surface area contributed by atoms with Gasteiger partial charge in [-0.1, -0.05) is 60.1 Å². The second-order valence-electron chi connectivity index (χ2n) is 6.71. The van der Waals surface area contributed by atoms with Gasteiger partial charge in [0.2, 0.25) is 11.2 Å². The second kappa shape index (κ2) is 8.43. The van der Waals surface area contributed by atoms with Crippen LogP contribution < -0.4 is 15.5 Å². The quantitative estimate of drug-likeness (QED) is 0.462. The molecule has 150 valence electrons. The lowest BCUT2D eigenvalue weighted by Crippen LogP contribution is -2.31. The van der Waals surface area contributed by atoms with Gasteiger partial charge in [0.1, 0.15) is 5.58 Å². The summed E-state index contributed by atoms with van der Waals surface area (Å²) >= 11 is 6.06. The van der Waals surface area contributed by atoms with Gasteiger partial charge in [-0.2, -0.15) is 0 Å². The van der Waals surface area contributed by atoms with Crippen molar-refractivity contribution in [2.45, 2.75) is 13.0 Å². The molecule has 1 heterocycles. The number of amides is 1. The lowest BCUT2D eigenvalue weighted by molar-refractivity contribution is -0.122. The molecule has 0 saturated carbocycles. The summed E-state index contributed by atoms with van der Waals surface area (Å²) in [4.78, 5) is 25.8. The molecule has 1 atom stereocenters. The average molecular weight is 420 g/mol. The highest BCUT2D eigenvalue weighted by Gasteiger charge is 2.23. The molecule has 0 radical (unpaired) electrons. The van der Waals surface area contributed by atoms with E-state index in [-0.39, 0.29) is 22.8 Å². The third-order valence-electron chi connectivity index (χ3n) is 4.55. The average Bonchev–Trinajstić information content (AvgIpc) is 2.77. The molecule has 4 rings (SSSR count). The lowest BCUT2D eigenvalue weighted by atomic mass is 10.1. The minimum Gasteiger partial charge on any atom is -0.473 e. The van der Waals surface area contributed by atoms with Crippen LogP contribution in [0.3, 0.4) is 0 Å². The summed E-state index contributed by atoms with van der Waals surface area (Å²) < 4.78 is 11.8. The van der Waals surface area contributed by atoms with Gasteiger partial charge in [0, 0.05) is 16.3 Å². The normalized spacial score (nSPS) is 11.8. The molecule has 0 aliphatic carbocycles. The zero-order chi connectivity index (χ0) is 21.1. The van der Waals surface area contributed by atoms with Gasteiger partial charge in [-0.3, -0.25) is 9.59 Å². The molecule has 1 unspecified atom stereocenters. The standard InChI is InChI=1S/C24H18ClNO4/c1-15(24(28)26-18-10-6-3-7-11-18)29-23-21(27)19-14-17(25)12-13-20(19)30-22(23)16-8-4-2-5-9-16/h2-15H,1H3,(H,26,28). The molecular weight excluding hydrogens is 402 g/mol. The number of benzene rings is 3. The molecule has 4 aromatic rings. The Balaban J connectivity index is 1.75. The van der Waals surface area contributed by atoms with Crippen molar-refractivity contribution in [1.29, 1.82) is 0 Å². The van der Waals surface area contributed by atoms with Gasteiger partial charge in [0.05, 0.1) is 5.39 Å². The van der Waals surface area contributed by atoms with Crippen LogP contribution >= 0.6 is 11.6 Å². The molecule has 0 saturated heterocycles. The SMILES string of the molecule is CC(Oc1c(-c2ccccc2)oc2ccc(Cl)cc2c1=O)C(=O)Nc1ccccc1. The van der Waals surface area contributed by atoms with E-state index in [1.54, 1.807) is 31.2 Å². The number of hydrogen-bond donors (Lipinski definition) is 1. The van der Waals surface area contributed by atoms with E-state index < -0.39 is 11.5 Å². The Morgan fingerprint density at radius 1 is 1.00 bits per heavy atom. The highest BCUT2D eigenvalue weighted by Crippen LogP contribution is 2.32. The molecule has 0 fully saturated rings. The van der Waals surface area contributed by atoms with Gasteiger partial charge in [-0.15, -0.1) is 0 Å². The maximum absolute atomic E-state index is 13.2. The van der Waals surface area contributed by atoms with Crippen molar-refractivity contribution in [3.8, 4) is 17.1 Å². The predicted octanol–water partition coefficient (Wildman–Crippen LogP) is 5.52. The van der Waals surface area contributed by atoms with Gasteiger partial charge in [-0.05, 0) is 37.3 Å². The van der Waals surface area contributed by atoms with E-state index in [1.807, 2.05) is 48.5 Å². The van der Waals surface area contributed by atoms with E-state index in [4.69, 9.17) is 20.8 Å². The van der Waals surface area contributed by atoms with E-state index >= 15 is 0 Å². The van der Waals surface area contributed by atoms with E-state index in [9.17, 15) is 9.59 Å². The number of ether oxygens (including phenoxy) is 1. The van der Waals surface area contributed by atoms with Crippen molar-refractivity contribution in [3.63, 3.8) is 0 Å². The van der Waals surface area contributed by atoms with E-state index in [2.05, 4.69) is 5.32 Å².